The van der Waals surface area contributed by atoms with Gasteiger partial charge in [-0.25, -0.2) is 9.49 Å². The highest BCUT2D eigenvalue weighted by Gasteiger charge is 2.11. The van der Waals surface area contributed by atoms with Crippen molar-refractivity contribution in [2.45, 2.75) is 33.3 Å². The van der Waals surface area contributed by atoms with Crippen molar-refractivity contribution in [3.8, 4) is 5.75 Å². The predicted octanol–water partition coefficient (Wildman–Crippen LogP) is 4.97. The number of nitrogens with zero attached hydrogens (tertiary/aromatic N) is 3. The smallest absolute Gasteiger partial charge is 0.216 e. The SMILES string of the molecule is Cc1ccc(C(C)C)c(OCc2n[nH]c(=S)n2/N=C\c2ccc(F)cc2)c1. The minimum absolute atomic E-state index is 0.219. The van der Waals surface area contributed by atoms with E-state index in [-0.39, 0.29) is 12.4 Å². The fraction of sp³-hybridized carbons (Fsp3) is 0.250. The van der Waals surface area contributed by atoms with Gasteiger partial charge in [0.15, 0.2) is 5.82 Å². The molecule has 0 atom stereocenters. The Morgan fingerprint density at radius 3 is 2.70 bits per heavy atom. The Bertz CT molecular complexity index is 1010. The van der Waals surface area contributed by atoms with Gasteiger partial charge in [-0.3, -0.25) is 0 Å². The number of aromatic nitrogens is 3. The molecular weight excluding hydrogens is 363 g/mol. The lowest BCUT2D eigenvalue weighted by molar-refractivity contribution is 0.286. The maximum Gasteiger partial charge on any atom is 0.216 e. The van der Waals surface area contributed by atoms with Crippen LogP contribution in [0.15, 0.2) is 47.6 Å². The van der Waals surface area contributed by atoms with Crippen LogP contribution in [0.2, 0.25) is 0 Å². The number of benzene rings is 2. The molecule has 2 aromatic carbocycles. The Labute approximate surface area is 162 Å². The zero-order valence-corrected chi connectivity index (χ0v) is 16.3. The minimum atomic E-state index is -0.291. The number of halogens is 1. The van der Waals surface area contributed by atoms with Gasteiger partial charge in [-0.2, -0.15) is 14.9 Å². The van der Waals surface area contributed by atoms with Crippen molar-refractivity contribution in [2.75, 3.05) is 0 Å². The third-order valence-corrected chi connectivity index (χ3v) is 4.32. The minimum Gasteiger partial charge on any atom is -0.485 e. The molecule has 0 amide bonds. The maximum atomic E-state index is 13.0. The Kier molecular flexibility index (Phi) is 5.81. The molecule has 3 rings (SSSR count). The van der Waals surface area contributed by atoms with E-state index in [2.05, 4.69) is 41.3 Å². The fourth-order valence-corrected chi connectivity index (χ4v) is 2.79. The number of hydrogen-bond donors (Lipinski definition) is 1. The van der Waals surface area contributed by atoms with Crippen LogP contribution < -0.4 is 4.74 Å². The molecule has 0 radical (unpaired) electrons. The number of rotatable bonds is 6. The highest BCUT2D eigenvalue weighted by atomic mass is 32.1. The lowest BCUT2D eigenvalue weighted by Crippen LogP contribution is -2.06. The zero-order chi connectivity index (χ0) is 19.4. The average Bonchev–Trinajstić information content (AvgIpc) is 2.99. The molecule has 0 spiro atoms. The number of ether oxygens (including phenoxy) is 1. The van der Waals surface area contributed by atoms with Gasteiger partial charge in [-0.05, 0) is 59.9 Å². The van der Waals surface area contributed by atoms with Gasteiger partial charge in [0.25, 0.3) is 0 Å². The number of aromatic amines is 1. The molecule has 27 heavy (non-hydrogen) atoms. The van der Waals surface area contributed by atoms with Crippen LogP contribution >= 0.6 is 12.2 Å². The van der Waals surface area contributed by atoms with Crippen LogP contribution in [0.1, 0.15) is 42.3 Å². The summed E-state index contributed by atoms with van der Waals surface area (Å²) in [5.41, 5.74) is 3.02. The van der Waals surface area contributed by atoms with Crippen LogP contribution in [0.3, 0.4) is 0 Å². The number of hydrogen-bond acceptors (Lipinski definition) is 4. The highest BCUT2D eigenvalue weighted by Crippen LogP contribution is 2.28. The van der Waals surface area contributed by atoms with Crippen molar-refractivity contribution in [1.29, 1.82) is 0 Å². The van der Waals surface area contributed by atoms with Gasteiger partial charge in [-0.1, -0.05) is 38.1 Å². The van der Waals surface area contributed by atoms with Gasteiger partial charge >= 0.3 is 0 Å². The first-order valence-corrected chi connectivity index (χ1v) is 9.04. The van der Waals surface area contributed by atoms with Crippen molar-refractivity contribution >= 4 is 18.4 Å². The van der Waals surface area contributed by atoms with Crippen molar-refractivity contribution in [1.82, 2.24) is 14.9 Å². The van der Waals surface area contributed by atoms with Crippen LogP contribution in [0.4, 0.5) is 4.39 Å². The monoisotopic (exact) mass is 384 g/mol. The standard InChI is InChI=1S/C20H21FN4OS/c1-13(2)17-9-4-14(3)10-18(17)26-12-19-23-24-20(27)25(19)22-11-15-5-7-16(21)8-6-15/h4-11,13H,12H2,1-3H3,(H,24,27)/b22-11-. The second-order valence-corrected chi connectivity index (χ2v) is 6.92. The van der Waals surface area contributed by atoms with Gasteiger partial charge < -0.3 is 4.74 Å². The Balaban J connectivity index is 1.80. The highest BCUT2D eigenvalue weighted by molar-refractivity contribution is 7.71. The van der Waals surface area contributed by atoms with Crippen LogP contribution in [-0.4, -0.2) is 21.1 Å². The molecule has 3 aromatic rings. The Morgan fingerprint density at radius 2 is 2.00 bits per heavy atom. The third kappa shape index (κ3) is 4.68. The topological polar surface area (TPSA) is 55.2 Å². The van der Waals surface area contributed by atoms with E-state index in [0.717, 1.165) is 22.4 Å². The van der Waals surface area contributed by atoms with Crippen molar-refractivity contribution in [2.24, 2.45) is 5.10 Å². The number of aryl methyl sites for hydroxylation is 1. The van der Waals surface area contributed by atoms with E-state index in [9.17, 15) is 4.39 Å². The molecule has 0 aliphatic heterocycles. The fourth-order valence-electron chi connectivity index (χ4n) is 2.60. The third-order valence-electron chi connectivity index (χ3n) is 4.06. The van der Waals surface area contributed by atoms with Crippen LogP contribution in [0.25, 0.3) is 0 Å². The molecule has 0 bridgehead atoms. The van der Waals surface area contributed by atoms with Gasteiger partial charge in [0.2, 0.25) is 4.77 Å². The van der Waals surface area contributed by atoms with E-state index in [1.165, 1.54) is 16.8 Å². The molecule has 7 heteroatoms. The largest absolute Gasteiger partial charge is 0.485 e. The first-order valence-electron chi connectivity index (χ1n) is 8.63. The Hall–Kier alpha value is -2.80. The average molecular weight is 384 g/mol. The van der Waals surface area contributed by atoms with E-state index in [1.807, 2.05) is 13.0 Å². The van der Waals surface area contributed by atoms with E-state index >= 15 is 0 Å². The number of nitrogens with one attached hydrogen (secondary N) is 1. The van der Waals surface area contributed by atoms with Gasteiger partial charge in [0.1, 0.15) is 18.2 Å². The normalized spacial score (nSPS) is 11.4. The summed E-state index contributed by atoms with van der Waals surface area (Å²) < 4.78 is 20.9. The first kappa shape index (κ1) is 19.0. The van der Waals surface area contributed by atoms with Gasteiger partial charge in [-0.15, -0.1) is 0 Å². The van der Waals surface area contributed by atoms with Crippen LogP contribution in [-0.2, 0) is 6.61 Å². The molecule has 1 heterocycles. The van der Waals surface area contributed by atoms with Gasteiger partial charge in [0, 0.05) is 0 Å². The van der Waals surface area contributed by atoms with E-state index in [4.69, 9.17) is 17.0 Å². The van der Waals surface area contributed by atoms with Crippen molar-refractivity contribution < 1.29 is 9.13 Å². The van der Waals surface area contributed by atoms with Crippen molar-refractivity contribution in [3.05, 3.63) is 75.6 Å². The van der Waals surface area contributed by atoms with Crippen molar-refractivity contribution in [3.63, 3.8) is 0 Å². The summed E-state index contributed by atoms with van der Waals surface area (Å²) in [6, 6.07) is 12.2. The second kappa shape index (κ2) is 8.26. The quantitative estimate of drug-likeness (QED) is 0.482. The second-order valence-electron chi connectivity index (χ2n) is 6.54. The summed E-state index contributed by atoms with van der Waals surface area (Å²) in [6.07, 6.45) is 1.60. The molecule has 0 saturated carbocycles. The van der Waals surface area contributed by atoms with Crippen LogP contribution in [0.5, 0.6) is 5.75 Å². The summed E-state index contributed by atoms with van der Waals surface area (Å²) in [7, 11) is 0. The molecule has 0 unspecified atom stereocenters. The molecule has 0 fully saturated rings. The zero-order valence-electron chi connectivity index (χ0n) is 15.4. The first-order chi connectivity index (χ1) is 12.9. The summed E-state index contributed by atoms with van der Waals surface area (Å²) in [5.74, 6) is 1.43. The molecule has 5 nitrogen and oxygen atoms in total. The van der Waals surface area contributed by atoms with E-state index in [0.29, 0.717) is 16.5 Å². The van der Waals surface area contributed by atoms with E-state index < -0.39 is 0 Å². The summed E-state index contributed by atoms with van der Waals surface area (Å²) in [4.78, 5) is 0. The molecule has 0 aliphatic rings. The Morgan fingerprint density at radius 1 is 1.26 bits per heavy atom. The molecule has 1 aromatic heterocycles. The predicted molar refractivity (Wildman–Crippen MR) is 106 cm³/mol. The summed E-state index contributed by atoms with van der Waals surface area (Å²) >= 11 is 5.24. The molecule has 1 N–H and O–H groups in total. The van der Waals surface area contributed by atoms with Gasteiger partial charge in [0.05, 0.1) is 6.21 Å². The summed E-state index contributed by atoms with van der Waals surface area (Å²) in [6.45, 7) is 6.50. The summed E-state index contributed by atoms with van der Waals surface area (Å²) in [5, 5.41) is 11.3. The van der Waals surface area contributed by atoms with Crippen LogP contribution in [0, 0.1) is 17.5 Å². The lowest BCUT2D eigenvalue weighted by Gasteiger charge is -2.14. The molecule has 0 saturated heterocycles. The molecular formula is C20H21FN4OS. The molecule has 140 valence electrons. The van der Waals surface area contributed by atoms with E-state index in [1.54, 1.807) is 18.3 Å². The molecule has 0 aliphatic carbocycles. The number of H-pyrrole nitrogens is 1. The maximum absolute atomic E-state index is 13.0. The lowest BCUT2D eigenvalue weighted by atomic mass is 10.0.